The van der Waals surface area contributed by atoms with Crippen LogP contribution < -0.4 is 15.5 Å². The Bertz CT molecular complexity index is 1210. The minimum Gasteiger partial charge on any atom is -0.476 e. The molecule has 0 bridgehead atoms. The smallest absolute Gasteiger partial charge is 0.257 e. The fraction of sp³-hybridized carbons (Fsp3) is 0.167. The van der Waals surface area contributed by atoms with Crippen molar-refractivity contribution < 1.29 is 18.4 Å². The molecule has 1 N–H and O–H groups in total. The molecule has 0 unspecified atom stereocenters. The van der Waals surface area contributed by atoms with Crippen LogP contribution >= 0.6 is 0 Å². The van der Waals surface area contributed by atoms with Gasteiger partial charge in [-0.25, -0.2) is 0 Å². The Morgan fingerprint density at radius 3 is 2.67 bits per heavy atom. The molecule has 0 saturated heterocycles. The quantitative estimate of drug-likeness (QED) is 0.502. The predicted molar refractivity (Wildman–Crippen MR) is 114 cm³/mol. The van der Waals surface area contributed by atoms with Crippen molar-refractivity contribution in [2.75, 3.05) is 13.2 Å². The van der Waals surface area contributed by atoms with Crippen LogP contribution in [0.4, 0.5) is 0 Å². The van der Waals surface area contributed by atoms with Crippen LogP contribution in [0.5, 0.6) is 5.75 Å². The van der Waals surface area contributed by atoms with Crippen molar-refractivity contribution in [2.45, 2.75) is 13.3 Å². The molecule has 0 aliphatic carbocycles. The molecule has 0 spiro atoms. The summed E-state index contributed by atoms with van der Waals surface area (Å²) in [6, 6.07) is 18.6. The van der Waals surface area contributed by atoms with Crippen LogP contribution in [-0.2, 0) is 11.2 Å². The molecule has 6 heteroatoms. The summed E-state index contributed by atoms with van der Waals surface area (Å²) in [5.41, 5.74) is 2.13. The van der Waals surface area contributed by atoms with Gasteiger partial charge >= 0.3 is 0 Å². The molecule has 0 aliphatic rings. The molecule has 2 heterocycles. The molecule has 0 fully saturated rings. The summed E-state index contributed by atoms with van der Waals surface area (Å²) in [7, 11) is 0. The zero-order valence-electron chi connectivity index (χ0n) is 16.5. The van der Waals surface area contributed by atoms with Gasteiger partial charge < -0.3 is 18.9 Å². The third-order valence-electron chi connectivity index (χ3n) is 4.68. The number of aryl methyl sites for hydroxylation is 1. The van der Waals surface area contributed by atoms with Gasteiger partial charge in [0, 0.05) is 6.54 Å². The number of carbonyl (C=O) groups is 1. The van der Waals surface area contributed by atoms with E-state index in [1.165, 1.54) is 6.26 Å². The standard InChI is InChI=1S/C24H21NO5/c1-16-9-10-19-18(14-16)22(27)24(23(30-19)20-8-5-13-28-20)29-15-21(26)25-12-11-17-6-3-2-4-7-17/h2-10,13-14H,11-12,15H2,1H3,(H,25,26). The molecule has 4 aromatic rings. The molecule has 0 atom stereocenters. The van der Waals surface area contributed by atoms with Gasteiger partial charge in [0.05, 0.1) is 11.6 Å². The summed E-state index contributed by atoms with van der Waals surface area (Å²) in [5, 5.41) is 3.19. The Hall–Kier alpha value is -3.80. The Labute approximate surface area is 173 Å². The van der Waals surface area contributed by atoms with E-state index in [1.807, 2.05) is 43.3 Å². The molecule has 4 rings (SSSR count). The summed E-state index contributed by atoms with van der Waals surface area (Å²) in [5.74, 6) is 0.161. The minimum absolute atomic E-state index is 0.0405. The lowest BCUT2D eigenvalue weighted by Gasteiger charge is -2.11. The molecule has 2 aromatic carbocycles. The second kappa shape index (κ2) is 8.69. The van der Waals surface area contributed by atoms with Crippen molar-refractivity contribution >= 4 is 16.9 Å². The summed E-state index contributed by atoms with van der Waals surface area (Å²) in [6.45, 7) is 2.06. The number of hydrogen-bond donors (Lipinski definition) is 1. The van der Waals surface area contributed by atoms with Crippen molar-refractivity contribution in [1.82, 2.24) is 5.32 Å². The number of rotatable bonds is 7. The molecular weight excluding hydrogens is 382 g/mol. The lowest BCUT2D eigenvalue weighted by atomic mass is 10.1. The van der Waals surface area contributed by atoms with Crippen LogP contribution in [-0.4, -0.2) is 19.1 Å². The van der Waals surface area contributed by atoms with Crippen molar-refractivity contribution in [3.63, 3.8) is 0 Å². The maximum Gasteiger partial charge on any atom is 0.257 e. The van der Waals surface area contributed by atoms with Crippen molar-refractivity contribution in [3.05, 3.63) is 88.3 Å². The van der Waals surface area contributed by atoms with E-state index in [2.05, 4.69) is 5.32 Å². The molecule has 6 nitrogen and oxygen atoms in total. The van der Waals surface area contributed by atoms with Gasteiger partial charge in [-0.1, -0.05) is 42.0 Å². The highest BCUT2D eigenvalue weighted by Gasteiger charge is 2.20. The van der Waals surface area contributed by atoms with Crippen molar-refractivity contribution in [1.29, 1.82) is 0 Å². The second-order valence-electron chi connectivity index (χ2n) is 6.94. The second-order valence-corrected chi connectivity index (χ2v) is 6.94. The van der Waals surface area contributed by atoms with Crippen LogP contribution in [0.3, 0.4) is 0 Å². The van der Waals surface area contributed by atoms with E-state index in [-0.39, 0.29) is 29.5 Å². The van der Waals surface area contributed by atoms with E-state index in [9.17, 15) is 9.59 Å². The molecular formula is C24H21NO5. The molecule has 0 aliphatic heterocycles. The number of fused-ring (bicyclic) bond motifs is 1. The number of nitrogens with one attached hydrogen (secondary N) is 1. The predicted octanol–water partition coefficient (Wildman–Crippen LogP) is 4.10. The van der Waals surface area contributed by atoms with E-state index in [4.69, 9.17) is 13.6 Å². The number of benzene rings is 2. The Morgan fingerprint density at radius 2 is 1.90 bits per heavy atom. The van der Waals surface area contributed by atoms with Gasteiger partial charge in [-0.2, -0.15) is 0 Å². The zero-order chi connectivity index (χ0) is 20.9. The van der Waals surface area contributed by atoms with Gasteiger partial charge in [0.2, 0.25) is 16.9 Å². The van der Waals surface area contributed by atoms with Crippen LogP contribution in [0.25, 0.3) is 22.5 Å². The highest BCUT2D eigenvalue weighted by atomic mass is 16.5. The van der Waals surface area contributed by atoms with Crippen LogP contribution in [0, 0.1) is 6.92 Å². The third kappa shape index (κ3) is 4.27. The first-order valence-corrected chi connectivity index (χ1v) is 9.66. The third-order valence-corrected chi connectivity index (χ3v) is 4.68. The number of hydrogen-bond acceptors (Lipinski definition) is 5. The van der Waals surface area contributed by atoms with Gasteiger partial charge in [-0.15, -0.1) is 0 Å². The molecule has 30 heavy (non-hydrogen) atoms. The Morgan fingerprint density at radius 1 is 1.07 bits per heavy atom. The number of ether oxygens (including phenoxy) is 1. The fourth-order valence-corrected chi connectivity index (χ4v) is 3.17. The number of furan rings is 1. The van der Waals surface area contributed by atoms with Gasteiger partial charge in [-0.05, 0) is 43.2 Å². The van der Waals surface area contributed by atoms with Crippen molar-refractivity contribution in [3.8, 4) is 17.3 Å². The zero-order valence-corrected chi connectivity index (χ0v) is 16.5. The topological polar surface area (TPSA) is 81.7 Å². The van der Waals surface area contributed by atoms with E-state index in [0.29, 0.717) is 29.7 Å². The Balaban J connectivity index is 1.52. The van der Waals surface area contributed by atoms with Gasteiger partial charge in [0.15, 0.2) is 12.4 Å². The van der Waals surface area contributed by atoms with Gasteiger partial charge in [0.25, 0.3) is 5.91 Å². The van der Waals surface area contributed by atoms with E-state index >= 15 is 0 Å². The van der Waals surface area contributed by atoms with Crippen LogP contribution in [0.2, 0.25) is 0 Å². The fourth-order valence-electron chi connectivity index (χ4n) is 3.17. The van der Waals surface area contributed by atoms with Crippen LogP contribution in [0.15, 0.2) is 80.6 Å². The average molecular weight is 403 g/mol. The summed E-state index contributed by atoms with van der Waals surface area (Å²) < 4.78 is 16.9. The molecule has 0 radical (unpaired) electrons. The van der Waals surface area contributed by atoms with E-state index in [1.54, 1.807) is 24.3 Å². The molecule has 152 valence electrons. The maximum absolute atomic E-state index is 13.0. The van der Waals surface area contributed by atoms with Gasteiger partial charge in [-0.3, -0.25) is 9.59 Å². The first kappa shape index (κ1) is 19.5. The summed E-state index contributed by atoms with van der Waals surface area (Å²) in [4.78, 5) is 25.3. The lowest BCUT2D eigenvalue weighted by Crippen LogP contribution is -2.31. The normalized spacial score (nSPS) is 10.8. The van der Waals surface area contributed by atoms with Crippen molar-refractivity contribution in [2.24, 2.45) is 0 Å². The highest BCUT2D eigenvalue weighted by Crippen LogP contribution is 2.31. The monoisotopic (exact) mass is 403 g/mol. The summed E-state index contributed by atoms with van der Waals surface area (Å²) in [6.07, 6.45) is 2.19. The highest BCUT2D eigenvalue weighted by molar-refractivity contribution is 5.82. The molecule has 2 aromatic heterocycles. The lowest BCUT2D eigenvalue weighted by molar-refractivity contribution is -0.123. The Kier molecular flexibility index (Phi) is 5.66. The largest absolute Gasteiger partial charge is 0.476 e. The first-order valence-electron chi connectivity index (χ1n) is 9.66. The van der Waals surface area contributed by atoms with Crippen LogP contribution in [0.1, 0.15) is 11.1 Å². The molecule has 0 saturated carbocycles. The van der Waals surface area contributed by atoms with E-state index < -0.39 is 0 Å². The number of carbonyl (C=O) groups excluding carboxylic acids is 1. The SMILES string of the molecule is Cc1ccc2oc(-c3ccco3)c(OCC(=O)NCCc3ccccc3)c(=O)c2c1. The number of amides is 1. The van der Waals surface area contributed by atoms with E-state index in [0.717, 1.165) is 11.1 Å². The van der Waals surface area contributed by atoms with Gasteiger partial charge in [0.1, 0.15) is 5.58 Å². The maximum atomic E-state index is 13.0. The average Bonchev–Trinajstić information content (AvgIpc) is 3.29. The summed E-state index contributed by atoms with van der Waals surface area (Å²) >= 11 is 0. The molecule has 1 amide bonds. The minimum atomic E-state index is -0.344. The first-order chi connectivity index (χ1) is 14.6.